The molecule has 1 aliphatic rings. The zero-order valence-electron chi connectivity index (χ0n) is 61.6. The van der Waals surface area contributed by atoms with Crippen LogP contribution in [-0.4, -0.2) is 350 Å². The lowest BCUT2D eigenvalue weighted by Crippen LogP contribution is -2.52. The summed E-state index contributed by atoms with van der Waals surface area (Å²) in [5.41, 5.74) is -2.19. The molecule has 1 heterocycles. The topological polar surface area (TPSA) is 384 Å². The minimum absolute atomic E-state index is 0.0202. The minimum atomic E-state index is -1.13. The van der Waals surface area contributed by atoms with Gasteiger partial charge in [-0.2, -0.15) is 0 Å². The summed E-state index contributed by atoms with van der Waals surface area (Å²) in [5.74, 6) is -5.06. The van der Waals surface area contributed by atoms with Gasteiger partial charge in [0.05, 0.1) is 158 Å². The van der Waals surface area contributed by atoms with E-state index >= 15 is 0 Å². The van der Waals surface area contributed by atoms with Gasteiger partial charge in [0, 0.05) is 105 Å². The SMILES string of the molecule is COCCOCCOCCOCCOCCOCCNC(=O)CC[C@@H](NC(=O)CCCCC(=O)O)C(=O)NCCOCCOCCOCCOCCOCCNC(=O)CCC(C(=O)O)N1CCN(CC(=O)OC(C)(C)C)CCN(CC(=O)OC(C)(C)C)CCN(CC(=O)OC(C)(C)C)CC1. The number of methoxy groups -OCH3 is 1. The number of hydrogen-bond donors (Lipinski definition) is 6. The first-order chi connectivity index (χ1) is 47.5. The molecule has 0 aromatic carbocycles. The lowest BCUT2D eigenvalue weighted by atomic mass is 10.1. The van der Waals surface area contributed by atoms with Crippen LogP contribution in [0.15, 0.2) is 0 Å². The van der Waals surface area contributed by atoms with Gasteiger partial charge in [0.1, 0.15) is 28.9 Å². The van der Waals surface area contributed by atoms with Crippen molar-refractivity contribution in [3.63, 3.8) is 0 Å². The molecule has 0 saturated carbocycles. The number of carbonyl (C=O) groups is 9. The number of nitrogens with zero attached hydrogens (tertiary/aromatic N) is 4. The summed E-state index contributed by atoms with van der Waals surface area (Å²) in [4.78, 5) is 122. The Hall–Kier alpha value is -5.37. The molecule has 0 aromatic rings. The van der Waals surface area contributed by atoms with Crippen molar-refractivity contribution in [2.75, 3.05) is 237 Å². The Kier molecular flexibility index (Phi) is 52.9. The molecule has 1 saturated heterocycles. The van der Waals surface area contributed by atoms with Crippen molar-refractivity contribution in [2.24, 2.45) is 0 Å². The van der Waals surface area contributed by atoms with Gasteiger partial charge in [-0.15, -0.1) is 0 Å². The number of esters is 3. The molecule has 0 bridgehead atoms. The van der Waals surface area contributed by atoms with E-state index in [0.29, 0.717) is 132 Å². The van der Waals surface area contributed by atoms with Gasteiger partial charge in [-0.05, 0) is 88.0 Å². The van der Waals surface area contributed by atoms with E-state index in [1.165, 1.54) is 0 Å². The molecule has 0 spiro atoms. The highest BCUT2D eigenvalue weighted by Gasteiger charge is 2.31. The Labute approximate surface area is 592 Å². The van der Waals surface area contributed by atoms with E-state index in [4.69, 9.17) is 71.4 Å². The predicted octanol–water partition coefficient (Wildman–Crippen LogP) is 0.537. The van der Waals surface area contributed by atoms with Crippen LogP contribution >= 0.6 is 0 Å². The van der Waals surface area contributed by atoms with Crippen molar-refractivity contribution in [2.45, 2.75) is 143 Å². The molecular formula is C67H124N8O25. The maximum absolute atomic E-state index is 13.1. The van der Waals surface area contributed by atoms with Crippen molar-refractivity contribution < 1.29 is 120 Å². The van der Waals surface area contributed by atoms with Crippen molar-refractivity contribution in [1.82, 2.24) is 40.9 Å². The maximum Gasteiger partial charge on any atom is 0.320 e. The molecule has 0 aliphatic carbocycles. The summed E-state index contributed by atoms with van der Waals surface area (Å²) < 4.78 is 76.9. The minimum Gasteiger partial charge on any atom is -0.481 e. The van der Waals surface area contributed by atoms with Crippen LogP contribution in [0, 0.1) is 0 Å². The van der Waals surface area contributed by atoms with E-state index < -0.39 is 70.5 Å². The highest BCUT2D eigenvalue weighted by atomic mass is 16.6. The molecule has 1 unspecified atom stereocenters. The van der Waals surface area contributed by atoms with Crippen molar-refractivity contribution >= 4 is 53.5 Å². The summed E-state index contributed by atoms with van der Waals surface area (Å²) in [6.07, 6.45) is 0.418. The first kappa shape index (κ1) is 92.6. The Balaban J connectivity index is 2.44. The van der Waals surface area contributed by atoms with E-state index in [1.54, 1.807) is 74.3 Å². The number of carbonyl (C=O) groups excluding carboxylic acids is 7. The summed E-state index contributed by atoms with van der Waals surface area (Å²) in [6.45, 7) is 25.8. The monoisotopic (exact) mass is 1440 g/mol. The molecule has 0 aromatic heterocycles. The Morgan fingerprint density at radius 3 is 0.990 bits per heavy atom. The highest BCUT2D eigenvalue weighted by molar-refractivity contribution is 5.88. The number of amides is 4. The second-order valence-electron chi connectivity index (χ2n) is 26.4. The molecule has 33 heteroatoms. The molecule has 1 rings (SSSR count). The normalized spacial score (nSPS) is 14.8. The molecule has 6 N–H and O–H groups in total. The number of nitrogens with one attached hydrogen (secondary N) is 4. The molecule has 100 heavy (non-hydrogen) atoms. The molecule has 2 atom stereocenters. The quantitative estimate of drug-likeness (QED) is 0.0275. The summed E-state index contributed by atoms with van der Waals surface area (Å²) >= 11 is 0. The first-order valence-corrected chi connectivity index (χ1v) is 34.9. The van der Waals surface area contributed by atoms with Crippen molar-refractivity contribution in [1.29, 1.82) is 0 Å². The number of aliphatic carboxylic acids is 2. The molecule has 4 amide bonds. The second kappa shape index (κ2) is 57.1. The Morgan fingerprint density at radius 2 is 0.670 bits per heavy atom. The molecule has 0 radical (unpaired) electrons. The number of rotatable bonds is 57. The standard InChI is InChI=1S/C67H124N8O25/c1-65(2,3)98-60(81)51-72-22-24-73(52-61(82)99-66(4,5)6)26-28-75(29-27-74(25-23-72)53-62(83)100-67(7,8)9)55(64(85)86)16-18-57(77)69-20-31-89-36-39-93-43-46-96-48-45-94-40-37-90-32-21-70-63(84)54(71-58(78)13-11-12-14-59(79)80)15-17-56(76)68-19-30-88-35-38-92-44-47-97-50-49-95-42-41-91-34-33-87-10/h54-55H,11-53H2,1-10H3,(H,68,76)(H,69,77)(H,70,84)(H,71,78)(H,79,80)(H,85,86)/t54-,55?/m1/s1. The van der Waals surface area contributed by atoms with Gasteiger partial charge in [-0.3, -0.25) is 62.8 Å². The Morgan fingerprint density at radius 1 is 0.370 bits per heavy atom. The van der Waals surface area contributed by atoms with Crippen LogP contribution in [0.2, 0.25) is 0 Å². The van der Waals surface area contributed by atoms with Crippen LogP contribution in [0.4, 0.5) is 0 Å². The van der Waals surface area contributed by atoms with Crippen LogP contribution in [-0.2, 0) is 109 Å². The van der Waals surface area contributed by atoms with Gasteiger partial charge in [-0.25, -0.2) is 0 Å². The highest BCUT2D eigenvalue weighted by Crippen LogP contribution is 2.15. The van der Waals surface area contributed by atoms with Crippen LogP contribution in [0.1, 0.15) is 114 Å². The molecular weight excluding hydrogens is 1320 g/mol. The number of ether oxygens (including phenoxy) is 14. The lowest BCUT2D eigenvalue weighted by molar-refractivity contribution is -0.158. The zero-order valence-corrected chi connectivity index (χ0v) is 61.6. The Bertz CT molecular complexity index is 2190. The fourth-order valence-electron chi connectivity index (χ4n) is 9.29. The molecule has 1 fully saturated rings. The van der Waals surface area contributed by atoms with Crippen LogP contribution < -0.4 is 21.3 Å². The summed E-state index contributed by atoms with van der Waals surface area (Å²) in [7, 11) is 1.61. The van der Waals surface area contributed by atoms with Gasteiger partial charge < -0.3 is 97.8 Å². The van der Waals surface area contributed by atoms with Crippen LogP contribution in [0.3, 0.4) is 0 Å². The number of hydrogen-bond acceptors (Lipinski definition) is 27. The van der Waals surface area contributed by atoms with Gasteiger partial charge in [0.2, 0.25) is 23.6 Å². The lowest BCUT2D eigenvalue weighted by Gasteiger charge is -2.36. The van der Waals surface area contributed by atoms with Crippen LogP contribution in [0.5, 0.6) is 0 Å². The van der Waals surface area contributed by atoms with Gasteiger partial charge in [0.25, 0.3) is 0 Å². The van der Waals surface area contributed by atoms with E-state index in [9.17, 15) is 48.3 Å². The molecule has 33 nitrogen and oxygen atoms in total. The van der Waals surface area contributed by atoms with Gasteiger partial charge >= 0.3 is 29.8 Å². The van der Waals surface area contributed by atoms with E-state index in [0.717, 1.165) is 0 Å². The van der Waals surface area contributed by atoms with Gasteiger partial charge in [0.15, 0.2) is 0 Å². The van der Waals surface area contributed by atoms with Crippen molar-refractivity contribution in [3.05, 3.63) is 0 Å². The smallest absolute Gasteiger partial charge is 0.320 e. The van der Waals surface area contributed by atoms with E-state index in [1.807, 2.05) is 14.7 Å². The third-order valence-electron chi connectivity index (χ3n) is 14.0. The van der Waals surface area contributed by atoms with Gasteiger partial charge in [-0.1, -0.05) is 0 Å². The summed E-state index contributed by atoms with van der Waals surface area (Å²) in [5, 5.41) is 30.4. The third kappa shape index (κ3) is 57.2. The molecule has 582 valence electrons. The largest absolute Gasteiger partial charge is 0.481 e. The molecule has 1 aliphatic heterocycles. The summed E-state index contributed by atoms with van der Waals surface area (Å²) in [6, 6.07) is -2.10. The van der Waals surface area contributed by atoms with E-state index in [2.05, 4.69) is 21.3 Å². The number of carboxylic acids is 2. The number of unbranched alkanes of at least 4 members (excludes halogenated alkanes) is 1. The van der Waals surface area contributed by atoms with E-state index in [-0.39, 0.29) is 162 Å². The zero-order chi connectivity index (χ0) is 74.3. The maximum atomic E-state index is 13.1. The average molecular weight is 1440 g/mol. The fourth-order valence-corrected chi connectivity index (χ4v) is 9.29. The van der Waals surface area contributed by atoms with Crippen LogP contribution in [0.25, 0.3) is 0 Å². The first-order valence-electron chi connectivity index (χ1n) is 34.9. The average Bonchev–Trinajstić information content (AvgIpc) is 0.871. The predicted molar refractivity (Wildman–Crippen MR) is 365 cm³/mol. The third-order valence-corrected chi connectivity index (χ3v) is 14.0. The fraction of sp³-hybridized carbons (Fsp3) is 0.866. The second-order valence-corrected chi connectivity index (χ2v) is 26.4. The van der Waals surface area contributed by atoms with Crippen molar-refractivity contribution in [3.8, 4) is 0 Å². The number of carboxylic acid groups (broad SMARTS) is 2.